The van der Waals surface area contributed by atoms with Crippen molar-refractivity contribution < 1.29 is 0 Å². The highest BCUT2D eigenvalue weighted by molar-refractivity contribution is 6.43. The molecular weight excluding hydrogens is 423 g/mol. The van der Waals surface area contributed by atoms with Gasteiger partial charge in [-0.15, -0.1) is 0 Å². The van der Waals surface area contributed by atoms with Crippen LogP contribution in [0.4, 0.5) is 0 Å². The van der Waals surface area contributed by atoms with Crippen LogP contribution in [-0.4, -0.2) is 36.3 Å². The quantitative estimate of drug-likeness (QED) is 0.396. The lowest BCUT2D eigenvalue weighted by Gasteiger charge is -2.52. The number of nitrogens with zero attached hydrogens (tertiary/aromatic N) is 2. The van der Waals surface area contributed by atoms with Crippen molar-refractivity contribution in [3.8, 4) is 0 Å². The van der Waals surface area contributed by atoms with Gasteiger partial charge in [-0.05, 0) is 49.0 Å². The topological polar surface area (TPSA) is 15.6 Å². The molecule has 3 saturated heterocycles. The zero-order valence-electron chi connectivity index (χ0n) is 17.4. The first-order valence-electron chi connectivity index (χ1n) is 11.0. The summed E-state index contributed by atoms with van der Waals surface area (Å²) >= 11 is 12.7. The van der Waals surface area contributed by atoms with E-state index in [1.54, 1.807) is 0 Å². The number of piperidine rings is 3. The summed E-state index contributed by atoms with van der Waals surface area (Å²) in [7, 11) is 0. The Morgan fingerprint density at radius 1 is 0.806 bits per heavy atom. The maximum absolute atomic E-state index is 6.45. The second kappa shape index (κ2) is 9.16. The predicted octanol–water partition coefficient (Wildman–Crippen LogP) is 6.71. The van der Waals surface area contributed by atoms with E-state index in [2.05, 4.69) is 65.6 Å². The molecular formula is C27H26Cl2N2. The molecule has 158 valence electrons. The molecule has 6 rings (SSSR count). The summed E-state index contributed by atoms with van der Waals surface area (Å²) < 4.78 is 0. The van der Waals surface area contributed by atoms with Crippen LogP contribution >= 0.6 is 23.2 Å². The number of halogens is 2. The monoisotopic (exact) mass is 448 g/mol. The molecule has 3 heterocycles. The number of benzene rings is 3. The van der Waals surface area contributed by atoms with Crippen LogP contribution in [0.5, 0.6) is 0 Å². The van der Waals surface area contributed by atoms with Crippen LogP contribution in [0.1, 0.15) is 35.4 Å². The summed E-state index contributed by atoms with van der Waals surface area (Å²) in [4.78, 5) is 7.84. The van der Waals surface area contributed by atoms with Crippen molar-refractivity contribution in [3.05, 3.63) is 106 Å². The van der Waals surface area contributed by atoms with Crippen molar-refractivity contribution in [1.82, 2.24) is 4.90 Å². The molecule has 0 aromatic heterocycles. The van der Waals surface area contributed by atoms with Crippen LogP contribution in [0.3, 0.4) is 0 Å². The maximum atomic E-state index is 6.45. The van der Waals surface area contributed by atoms with E-state index in [9.17, 15) is 0 Å². The van der Waals surface area contributed by atoms with E-state index < -0.39 is 0 Å². The van der Waals surface area contributed by atoms with Gasteiger partial charge in [0.25, 0.3) is 0 Å². The van der Waals surface area contributed by atoms with Gasteiger partial charge in [-0.1, -0.05) is 96.0 Å². The molecule has 3 aromatic carbocycles. The molecule has 2 nitrogen and oxygen atoms in total. The van der Waals surface area contributed by atoms with Crippen LogP contribution < -0.4 is 0 Å². The standard InChI is InChI=1S/C27H26Cl2N2/c28-23-13-7-12-22(25(23)29)18-30-26-21-14-16-31(17-15-21)27(26)24(19-8-3-1-4-9-19)20-10-5-2-6-11-20/h1-13,18,21,24,26-27H,14-17H2/t26-,27+/m1/s1. The molecule has 31 heavy (non-hydrogen) atoms. The van der Waals surface area contributed by atoms with Gasteiger partial charge < -0.3 is 0 Å². The highest BCUT2D eigenvalue weighted by Crippen LogP contribution is 2.43. The molecule has 4 heteroatoms. The van der Waals surface area contributed by atoms with Gasteiger partial charge >= 0.3 is 0 Å². The van der Waals surface area contributed by atoms with Crippen LogP contribution in [0.2, 0.25) is 10.0 Å². The second-order valence-electron chi connectivity index (χ2n) is 8.57. The molecule has 0 unspecified atom stereocenters. The Morgan fingerprint density at radius 2 is 1.42 bits per heavy atom. The fourth-order valence-corrected chi connectivity index (χ4v) is 5.72. The highest BCUT2D eigenvalue weighted by Gasteiger charge is 2.46. The summed E-state index contributed by atoms with van der Waals surface area (Å²) in [6.45, 7) is 2.30. The van der Waals surface area contributed by atoms with Gasteiger partial charge in [0.1, 0.15) is 0 Å². The Kier molecular flexibility index (Phi) is 6.13. The normalized spacial score (nSPS) is 25.4. The molecule has 2 bridgehead atoms. The lowest BCUT2D eigenvalue weighted by molar-refractivity contribution is 0.0215. The van der Waals surface area contributed by atoms with Crippen molar-refractivity contribution in [1.29, 1.82) is 0 Å². The van der Waals surface area contributed by atoms with E-state index in [1.807, 2.05) is 24.4 Å². The number of aliphatic imine (C=N–C) groups is 1. The van der Waals surface area contributed by atoms with Crippen molar-refractivity contribution in [2.75, 3.05) is 13.1 Å². The number of hydrogen-bond donors (Lipinski definition) is 0. The minimum Gasteiger partial charge on any atom is -0.297 e. The molecule has 0 amide bonds. The van der Waals surface area contributed by atoms with Crippen molar-refractivity contribution in [2.24, 2.45) is 10.9 Å². The third kappa shape index (κ3) is 4.17. The number of rotatable bonds is 5. The molecule has 0 radical (unpaired) electrons. The molecule has 3 aromatic rings. The summed E-state index contributed by atoms with van der Waals surface area (Å²) in [5.74, 6) is 0.876. The zero-order valence-corrected chi connectivity index (χ0v) is 18.9. The van der Waals surface area contributed by atoms with E-state index in [-0.39, 0.29) is 12.0 Å². The lowest BCUT2D eigenvalue weighted by Crippen LogP contribution is -2.59. The van der Waals surface area contributed by atoms with E-state index in [1.165, 1.54) is 24.0 Å². The lowest BCUT2D eigenvalue weighted by atomic mass is 9.71. The van der Waals surface area contributed by atoms with Crippen LogP contribution in [0.15, 0.2) is 83.9 Å². The molecule has 2 atom stereocenters. The third-order valence-corrected chi connectivity index (χ3v) is 7.69. The van der Waals surface area contributed by atoms with Crippen molar-refractivity contribution in [3.63, 3.8) is 0 Å². The average Bonchev–Trinajstić information content (AvgIpc) is 2.83. The van der Waals surface area contributed by atoms with Gasteiger partial charge in [0.15, 0.2) is 0 Å². The number of fused-ring (bicyclic) bond motifs is 3. The summed E-state index contributed by atoms with van der Waals surface area (Å²) in [5, 5.41) is 1.15. The van der Waals surface area contributed by atoms with Gasteiger partial charge in [-0.25, -0.2) is 0 Å². The molecule has 3 aliphatic heterocycles. The first kappa shape index (κ1) is 20.8. The fraction of sp³-hybridized carbons (Fsp3) is 0.296. The highest BCUT2D eigenvalue weighted by atomic mass is 35.5. The fourth-order valence-electron chi connectivity index (χ4n) is 5.37. The smallest absolute Gasteiger partial charge is 0.0693 e. The molecule has 3 fully saturated rings. The minimum atomic E-state index is 0.225. The average molecular weight is 449 g/mol. The second-order valence-corrected chi connectivity index (χ2v) is 9.36. The van der Waals surface area contributed by atoms with Crippen LogP contribution in [0.25, 0.3) is 0 Å². The van der Waals surface area contributed by atoms with Gasteiger partial charge in [-0.2, -0.15) is 0 Å². The summed E-state index contributed by atoms with van der Waals surface area (Å²) in [6.07, 6.45) is 4.36. The Morgan fingerprint density at radius 3 is 2.03 bits per heavy atom. The summed E-state index contributed by atoms with van der Waals surface area (Å²) in [5.41, 5.74) is 3.60. The minimum absolute atomic E-state index is 0.225. The molecule has 3 aliphatic rings. The zero-order chi connectivity index (χ0) is 21.2. The predicted molar refractivity (Wildman–Crippen MR) is 131 cm³/mol. The van der Waals surface area contributed by atoms with Gasteiger partial charge in [-0.3, -0.25) is 9.89 Å². The third-order valence-electron chi connectivity index (χ3n) is 6.85. The molecule has 0 N–H and O–H groups in total. The SMILES string of the molecule is Clc1cccc(C=N[C@@H]2C3CCN(CC3)[C@H]2C(c2ccccc2)c2ccccc2)c1Cl. The maximum Gasteiger partial charge on any atom is 0.0693 e. The van der Waals surface area contributed by atoms with Gasteiger partial charge in [0, 0.05) is 23.7 Å². The van der Waals surface area contributed by atoms with E-state index in [0.717, 1.165) is 18.7 Å². The summed E-state index contributed by atoms with van der Waals surface area (Å²) in [6, 6.07) is 28.1. The Balaban J connectivity index is 1.56. The largest absolute Gasteiger partial charge is 0.297 e. The van der Waals surface area contributed by atoms with Gasteiger partial charge in [0.05, 0.1) is 16.1 Å². The van der Waals surface area contributed by atoms with Gasteiger partial charge in [0.2, 0.25) is 0 Å². The first-order chi connectivity index (χ1) is 15.2. The van der Waals surface area contributed by atoms with E-state index >= 15 is 0 Å². The van der Waals surface area contributed by atoms with Crippen LogP contribution in [0, 0.1) is 5.92 Å². The van der Waals surface area contributed by atoms with Crippen molar-refractivity contribution >= 4 is 29.4 Å². The van der Waals surface area contributed by atoms with Crippen LogP contribution in [-0.2, 0) is 0 Å². The Bertz CT molecular complexity index is 1000. The number of hydrogen-bond acceptors (Lipinski definition) is 2. The molecule has 0 spiro atoms. The first-order valence-corrected chi connectivity index (χ1v) is 11.8. The Labute approximate surface area is 194 Å². The van der Waals surface area contributed by atoms with E-state index in [4.69, 9.17) is 28.2 Å². The molecule has 0 aliphatic carbocycles. The Hall–Kier alpha value is -2.13. The van der Waals surface area contributed by atoms with E-state index in [0.29, 0.717) is 22.0 Å². The van der Waals surface area contributed by atoms with Crippen molar-refractivity contribution in [2.45, 2.75) is 30.8 Å². The molecule has 0 saturated carbocycles.